The number of esters is 1. The molecule has 156 valence electrons. The molecule has 0 aromatic heterocycles. The number of nitrogens with one attached hydrogen (secondary N) is 1. The first-order chi connectivity index (χ1) is 12.5. The van der Waals surface area contributed by atoms with E-state index >= 15 is 0 Å². The summed E-state index contributed by atoms with van der Waals surface area (Å²) in [7, 11) is 0. The third-order valence-electron chi connectivity index (χ3n) is 4.03. The molecule has 0 aromatic rings. The lowest BCUT2D eigenvalue weighted by Crippen LogP contribution is -2.73. The fourth-order valence-electron chi connectivity index (χ4n) is 2.62. The number of alkyl halides is 2. The summed E-state index contributed by atoms with van der Waals surface area (Å²) in [6.45, 7) is 2.02. The van der Waals surface area contributed by atoms with E-state index in [0.29, 0.717) is 6.42 Å². The maximum Gasteiger partial charge on any atom is 0.372 e. The van der Waals surface area contributed by atoms with Crippen LogP contribution >= 0.6 is 0 Å². The lowest BCUT2D eigenvalue weighted by atomic mass is 9.86. The van der Waals surface area contributed by atoms with Gasteiger partial charge in [-0.15, -0.1) is 0 Å². The summed E-state index contributed by atoms with van der Waals surface area (Å²) < 4.78 is 37.9. The van der Waals surface area contributed by atoms with E-state index < -0.39 is 66.9 Å². The van der Waals surface area contributed by atoms with Gasteiger partial charge in [-0.1, -0.05) is 6.92 Å². The Labute approximate surface area is 153 Å². The molecule has 1 heterocycles. The van der Waals surface area contributed by atoms with Crippen LogP contribution in [0.2, 0.25) is 0 Å². The summed E-state index contributed by atoms with van der Waals surface area (Å²) in [5, 5.41) is 31.3. The van der Waals surface area contributed by atoms with Crippen LogP contribution in [0.1, 0.15) is 26.7 Å². The predicted molar refractivity (Wildman–Crippen MR) is 84.7 cm³/mol. The lowest BCUT2D eigenvalue weighted by molar-refractivity contribution is -0.276. The van der Waals surface area contributed by atoms with Gasteiger partial charge in [0.2, 0.25) is 5.91 Å². The van der Waals surface area contributed by atoms with Crippen molar-refractivity contribution in [1.82, 2.24) is 5.32 Å². The number of amides is 1. The highest BCUT2D eigenvalue weighted by molar-refractivity contribution is 5.77. The van der Waals surface area contributed by atoms with Crippen molar-refractivity contribution in [3.63, 3.8) is 0 Å². The molecule has 7 atom stereocenters. The number of aliphatic carboxylic acids is 1. The zero-order valence-electron chi connectivity index (χ0n) is 14.8. The van der Waals surface area contributed by atoms with Crippen molar-refractivity contribution in [2.24, 2.45) is 5.73 Å². The molecule has 1 amide bonds. The minimum Gasteiger partial charge on any atom is -0.477 e. The largest absolute Gasteiger partial charge is 0.477 e. The summed E-state index contributed by atoms with van der Waals surface area (Å²) in [5.74, 6) is -7.64. The molecule has 0 saturated carbocycles. The minimum absolute atomic E-state index is 0.0538. The zero-order valence-corrected chi connectivity index (χ0v) is 14.8. The molecule has 0 spiro atoms. The number of carbonyl (C=O) groups is 3. The summed E-state index contributed by atoms with van der Waals surface area (Å²) >= 11 is 0. The van der Waals surface area contributed by atoms with Crippen LogP contribution in [0, 0.1) is 0 Å². The molecule has 1 aliphatic heterocycles. The smallest absolute Gasteiger partial charge is 0.372 e. The quantitative estimate of drug-likeness (QED) is 0.301. The molecule has 0 aliphatic carbocycles. The van der Waals surface area contributed by atoms with Crippen molar-refractivity contribution in [2.45, 2.75) is 69.1 Å². The number of aliphatic hydroxyl groups excluding tert-OH is 2. The maximum absolute atomic E-state index is 14.5. The monoisotopic (exact) mass is 398 g/mol. The molecule has 10 nitrogen and oxygen atoms in total. The Hall–Kier alpha value is -1.89. The molecule has 0 radical (unpaired) electrons. The van der Waals surface area contributed by atoms with Gasteiger partial charge < -0.3 is 35.8 Å². The molecular weight excluding hydrogens is 374 g/mol. The van der Waals surface area contributed by atoms with E-state index in [1.807, 2.05) is 0 Å². The number of rotatable bonds is 8. The SMILES string of the molecule is CCCC(=O)OC[C@@H](O)[C@@H](O)C1O[C@@](F)(C(=O)O)[C@@H](F)C(N)[C@H]1NC(C)=O. The second-order valence-corrected chi connectivity index (χ2v) is 6.23. The van der Waals surface area contributed by atoms with E-state index in [4.69, 9.17) is 15.6 Å². The number of nitrogens with two attached hydrogens (primary N) is 1. The van der Waals surface area contributed by atoms with Crippen LogP contribution in [0.4, 0.5) is 8.78 Å². The molecule has 2 unspecified atom stereocenters. The third-order valence-corrected chi connectivity index (χ3v) is 4.03. The molecule has 1 saturated heterocycles. The highest BCUT2D eigenvalue weighted by Crippen LogP contribution is 2.35. The molecule has 0 bridgehead atoms. The summed E-state index contributed by atoms with van der Waals surface area (Å²) in [6, 6.07) is -3.46. The molecule has 1 fully saturated rings. The molecule has 1 aliphatic rings. The fraction of sp³-hybridized carbons (Fsp3) is 0.800. The predicted octanol–water partition coefficient (Wildman–Crippen LogP) is -1.63. The standard InChI is InChI=1S/C15H24F2N2O8/c1-3-4-8(22)26-5-7(21)11(23)12-10(19-6(2)20)9(18)13(16)15(17,27-12)14(24)25/h7,9-13,21,23H,3-5,18H2,1-2H3,(H,19,20)(H,24,25)/t7-,9?,10-,11-,12?,13+,15-/m1/s1. The first-order valence-electron chi connectivity index (χ1n) is 8.24. The van der Waals surface area contributed by atoms with Crippen molar-refractivity contribution < 1.29 is 48.0 Å². The van der Waals surface area contributed by atoms with Crippen LogP contribution in [0.15, 0.2) is 0 Å². The van der Waals surface area contributed by atoms with Crippen LogP contribution < -0.4 is 11.1 Å². The Balaban J connectivity index is 3.03. The van der Waals surface area contributed by atoms with Crippen molar-refractivity contribution in [3.8, 4) is 0 Å². The fourth-order valence-corrected chi connectivity index (χ4v) is 2.62. The number of carboxylic acid groups (broad SMARTS) is 1. The van der Waals surface area contributed by atoms with Crippen LogP contribution in [-0.2, 0) is 23.9 Å². The van der Waals surface area contributed by atoms with E-state index in [1.165, 1.54) is 0 Å². The average Bonchev–Trinajstić information content (AvgIpc) is 2.59. The Morgan fingerprint density at radius 2 is 1.96 bits per heavy atom. The number of hydrogen-bond donors (Lipinski definition) is 5. The average molecular weight is 398 g/mol. The number of carbonyl (C=O) groups excluding carboxylic acids is 2. The maximum atomic E-state index is 14.5. The Morgan fingerprint density at radius 1 is 1.37 bits per heavy atom. The first kappa shape index (κ1) is 23.1. The van der Waals surface area contributed by atoms with Gasteiger partial charge >= 0.3 is 17.8 Å². The first-order valence-corrected chi connectivity index (χ1v) is 8.24. The molecule has 0 aromatic carbocycles. The van der Waals surface area contributed by atoms with Gasteiger partial charge in [-0.3, -0.25) is 9.59 Å². The number of aliphatic hydroxyl groups is 2. The highest BCUT2D eigenvalue weighted by atomic mass is 19.2. The molecular formula is C15H24F2N2O8. The van der Waals surface area contributed by atoms with Crippen molar-refractivity contribution in [3.05, 3.63) is 0 Å². The van der Waals surface area contributed by atoms with E-state index in [9.17, 15) is 33.4 Å². The van der Waals surface area contributed by atoms with E-state index in [0.717, 1.165) is 6.92 Å². The lowest BCUT2D eigenvalue weighted by Gasteiger charge is -2.45. The Bertz CT molecular complexity index is 566. The van der Waals surface area contributed by atoms with Crippen molar-refractivity contribution in [2.75, 3.05) is 6.61 Å². The van der Waals surface area contributed by atoms with Crippen LogP contribution in [0.25, 0.3) is 0 Å². The molecule has 6 N–H and O–H groups in total. The van der Waals surface area contributed by atoms with Gasteiger partial charge in [-0.05, 0) is 6.42 Å². The van der Waals surface area contributed by atoms with Gasteiger partial charge in [-0.25, -0.2) is 9.18 Å². The molecule has 1 rings (SSSR count). The van der Waals surface area contributed by atoms with Gasteiger partial charge in [0.25, 0.3) is 0 Å². The van der Waals surface area contributed by atoms with Crippen molar-refractivity contribution in [1.29, 1.82) is 0 Å². The second kappa shape index (κ2) is 9.35. The zero-order chi connectivity index (χ0) is 20.9. The molecule has 27 heavy (non-hydrogen) atoms. The summed E-state index contributed by atoms with van der Waals surface area (Å²) in [4.78, 5) is 33.7. The van der Waals surface area contributed by atoms with Gasteiger partial charge in [0.05, 0.1) is 12.1 Å². The van der Waals surface area contributed by atoms with Gasteiger partial charge in [-0.2, -0.15) is 4.39 Å². The minimum atomic E-state index is -3.90. The van der Waals surface area contributed by atoms with E-state index in [1.54, 1.807) is 6.92 Å². The van der Waals surface area contributed by atoms with Crippen LogP contribution in [-0.4, -0.2) is 82.2 Å². The number of carboxylic acids is 1. The third kappa shape index (κ3) is 5.31. The Kier molecular flexibility index (Phi) is 8.02. The van der Waals surface area contributed by atoms with E-state index in [-0.39, 0.29) is 6.42 Å². The normalized spacial score (nSPS) is 33.0. The number of hydrogen-bond acceptors (Lipinski definition) is 8. The van der Waals surface area contributed by atoms with Gasteiger partial charge in [0.15, 0.2) is 6.17 Å². The highest BCUT2D eigenvalue weighted by Gasteiger charge is 2.62. The molecule has 12 heteroatoms. The van der Waals surface area contributed by atoms with Crippen molar-refractivity contribution >= 4 is 17.8 Å². The topological polar surface area (TPSA) is 168 Å². The van der Waals surface area contributed by atoms with Crippen LogP contribution in [0.5, 0.6) is 0 Å². The number of ether oxygens (including phenoxy) is 2. The Morgan fingerprint density at radius 3 is 2.44 bits per heavy atom. The number of halogens is 2. The second-order valence-electron chi connectivity index (χ2n) is 6.23. The summed E-state index contributed by atoms with van der Waals surface area (Å²) in [6.07, 6.45) is -8.16. The summed E-state index contributed by atoms with van der Waals surface area (Å²) in [5.41, 5.74) is 5.52. The van der Waals surface area contributed by atoms with Crippen LogP contribution in [0.3, 0.4) is 0 Å². The van der Waals surface area contributed by atoms with E-state index in [2.05, 4.69) is 10.1 Å². The van der Waals surface area contributed by atoms with Gasteiger partial charge in [0.1, 0.15) is 24.9 Å². The van der Waals surface area contributed by atoms with Gasteiger partial charge in [0, 0.05) is 13.3 Å².